The first-order valence-corrected chi connectivity index (χ1v) is 15.4. The summed E-state index contributed by atoms with van der Waals surface area (Å²) >= 11 is 8.53. The predicted molar refractivity (Wildman–Crippen MR) is 110 cm³/mol. The number of hydrogen-bond acceptors (Lipinski definition) is 0. The van der Waals surface area contributed by atoms with Gasteiger partial charge in [-0.15, -0.1) is 0 Å². The van der Waals surface area contributed by atoms with Crippen LogP contribution in [0, 0.1) is 5.82 Å². The first-order valence-electron chi connectivity index (χ1n) is 7.35. The monoisotopic (exact) mass is 462 g/mol. The van der Waals surface area contributed by atoms with Gasteiger partial charge in [0.15, 0.2) is 0 Å². The Bertz CT molecular complexity index is 628. The lowest BCUT2D eigenvalue weighted by Gasteiger charge is -2.34. The van der Waals surface area contributed by atoms with E-state index in [0.717, 1.165) is 9.07 Å². The fourth-order valence-electron chi connectivity index (χ4n) is 3.06. The average Bonchev–Trinajstić information content (AvgIpc) is 2.47. The van der Waals surface area contributed by atoms with E-state index in [2.05, 4.69) is 54.4 Å². The van der Waals surface area contributed by atoms with Crippen LogP contribution in [-0.2, 0) is 0 Å². The summed E-state index contributed by atoms with van der Waals surface area (Å²) in [5, 5.41) is 3.60. The van der Waals surface area contributed by atoms with Crippen LogP contribution in [0.5, 0.6) is 0 Å². The third-order valence-corrected chi connectivity index (χ3v) is 20.5. The molecule has 0 saturated carbocycles. The Morgan fingerprint density at radius 3 is 1.91 bits per heavy atom. The molecule has 0 aliphatic rings. The number of halogens is 3. The zero-order valence-corrected chi connectivity index (χ0v) is 18.1. The van der Waals surface area contributed by atoms with Crippen molar-refractivity contribution in [2.45, 2.75) is 25.3 Å². The molecule has 0 saturated heterocycles. The van der Waals surface area contributed by atoms with E-state index in [0.29, 0.717) is 0 Å². The van der Waals surface area contributed by atoms with Crippen molar-refractivity contribution in [2.24, 2.45) is 0 Å². The quantitative estimate of drug-likeness (QED) is 0.337. The van der Waals surface area contributed by atoms with Crippen LogP contribution in [-0.4, -0.2) is 20.2 Å². The van der Waals surface area contributed by atoms with Crippen molar-refractivity contribution in [3.63, 3.8) is 0 Å². The lowest BCUT2D eigenvalue weighted by molar-refractivity contribution is 0.628. The van der Waals surface area contributed by atoms with Gasteiger partial charge in [-0.25, -0.2) is 4.39 Å². The maximum atomic E-state index is 13.2. The minimum atomic E-state index is -1.61. The number of rotatable bonds is 5. The van der Waals surface area contributed by atoms with E-state index < -0.39 is 16.1 Å². The van der Waals surface area contributed by atoms with Gasteiger partial charge in [0.25, 0.3) is 0 Å². The zero-order chi connectivity index (χ0) is 16.4. The van der Waals surface area contributed by atoms with Gasteiger partial charge in [0.2, 0.25) is 0 Å². The molecule has 0 nitrogen and oxygen atoms in total. The lowest BCUT2D eigenvalue weighted by atomic mass is 10.3. The third kappa shape index (κ3) is 4.21. The highest BCUT2D eigenvalue weighted by Crippen LogP contribution is 2.23. The van der Waals surface area contributed by atoms with Gasteiger partial charge in [-0.05, 0) is 28.3 Å². The Labute approximate surface area is 153 Å². The smallest absolute Gasteiger partial charge is 0.123 e. The summed E-state index contributed by atoms with van der Waals surface area (Å²) < 4.78 is 14.4. The average molecular weight is 463 g/mol. The van der Waals surface area contributed by atoms with Gasteiger partial charge in [-0.3, -0.25) is 0 Å². The molecule has 0 aromatic heterocycles. The summed E-state index contributed by atoms with van der Waals surface area (Å²) in [7, 11) is -3.16. The van der Waals surface area contributed by atoms with Gasteiger partial charge in [-0.2, -0.15) is 0 Å². The van der Waals surface area contributed by atoms with Crippen molar-refractivity contribution < 1.29 is 4.39 Å². The fourth-order valence-corrected chi connectivity index (χ4v) is 18.9. The van der Waals surface area contributed by atoms with Crippen LogP contribution in [0.25, 0.3) is 0 Å². The molecular weight excluding hydrogens is 442 g/mol. The second kappa shape index (κ2) is 7.15. The maximum Gasteiger partial charge on any atom is 0.123 e. The number of hydrogen-bond donors (Lipinski definition) is 0. The standard InChI is InChI=1S/C17H21ClFISi2/c1-21(2,16-8-4-14(18)5-9-16)13-22(3,12-20)17-10-6-15(19)7-11-17/h4-11H,12-13H2,1-3H3. The van der Waals surface area contributed by atoms with Crippen LogP contribution in [0.2, 0.25) is 30.3 Å². The second-order valence-electron chi connectivity index (χ2n) is 6.77. The normalized spacial score (nSPS) is 14.6. The molecule has 0 spiro atoms. The topological polar surface area (TPSA) is 0 Å². The molecule has 0 heterocycles. The third-order valence-electron chi connectivity index (χ3n) is 4.29. The van der Waals surface area contributed by atoms with E-state index in [-0.39, 0.29) is 5.82 Å². The molecule has 5 heteroatoms. The SMILES string of the molecule is C[Si](C)(C[Si](C)(CI)c1ccc(F)cc1)c1ccc(Cl)cc1. The Hall–Kier alpha value is -0.176. The maximum absolute atomic E-state index is 13.2. The molecule has 22 heavy (non-hydrogen) atoms. The van der Waals surface area contributed by atoms with Crippen LogP contribution in [0.4, 0.5) is 4.39 Å². The Morgan fingerprint density at radius 1 is 0.909 bits per heavy atom. The molecule has 1 atom stereocenters. The molecule has 0 fully saturated rings. The van der Waals surface area contributed by atoms with E-state index in [4.69, 9.17) is 11.6 Å². The highest BCUT2D eigenvalue weighted by atomic mass is 127. The molecule has 1 unspecified atom stereocenters. The molecule has 2 rings (SSSR count). The van der Waals surface area contributed by atoms with Gasteiger partial charge in [0.05, 0.1) is 16.1 Å². The van der Waals surface area contributed by atoms with Gasteiger partial charge in [-0.1, -0.05) is 94.1 Å². The van der Waals surface area contributed by atoms with E-state index in [1.54, 1.807) is 12.1 Å². The molecule has 118 valence electrons. The van der Waals surface area contributed by atoms with Crippen molar-refractivity contribution in [2.75, 3.05) is 4.05 Å². The van der Waals surface area contributed by atoms with Gasteiger partial charge >= 0.3 is 0 Å². The molecule has 0 bridgehead atoms. The molecular formula is C17H21ClFISi2. The van der Waals surface area contributed by atoms with Crippen LogP contribution in [0.15, 0.2) is 48.5 Å². The Balaban J connectivity index is 2.31. The highest BCUT2D eigenvalue weighted by Gasteiger charge is 2.37. The van der Waals surface area contributed by atoms with E-state index >= 15 is 0 Å². The van der Waals surface area contributed by atoms with Gasteiger partial charge in [0, 0.05) is 5.02 Å². The molecule has 0 N–H and O–H groups in total. The summed E-state index contributed by atoms with van der Waals surface area (Å²) in [5.41, 5.74) is 1.26. The van der Waals surface area contributed by atoms with Gasteiger partial charge < -0.3 is 0 Å². The minimum Gasteiger partial charge on any atom is -0.207 e. The van der Waals surface area contributed by atoms with Crippen LogP contribution in [0.3, 0.4) is 0 Å². The number of alkyl halides is 1. The summed E-state index contributed by atoms with van der Waals surface area (Å²) in [6.07, 6.45) is 0. The summed E-state index contributed by atoms with van der Waals surface area (Å²) in [6, 6.07) is 15.5. The summed E-state index contributed by atoms with van der Waals surface area (Å²) in [5.74, 6) is -0.150. The van der Waals surface area contributed by atoms with Crippen LogP contribution in [0.1, 0.15) is 0 Å². The molecule has 0 aliphatic carbocycles. The number of benzene rings is 2. The van der Waals surface area contributed by atoms with Gasteiger partial charge in [0.1, 0.15) is 5.82 Å². The Kier molecular flexibility index (Phi) is 5.91. The van der Waals surface area contributed by atoms with Crippen molar-refractivity contribution in [3.05, 3.63) is 59.4 Å². The van der Waals surface area contributed by atoms with E-state index in [1.807, 2.05) is 24.3 Å². The van der Waals surface area contributed by atoms with Crippen molar-refractivity contribution >= 4 is 60.7 Å². The summed E-state index contributed by atoms with van der Waals surface area (Å²) in [4.78, 5) is 0. The largest absolute Gasteiger partial charge is 0.207 e. The molecule has 0 aliphatic heterocycles. The van der Waals surface area contributed by atoms with Crippen LogP contribution < -0.4 is 10.4 Å². The summed E-state index contributed by atoms with van der Waals surface area (Å²) in [6.45, 7) is 7.28. The molecule has 0 amide bonds. The minimum absolute atomic E-state index is 0.150. The van der Waals surface area contributed by atoms with Crippen molar-refractivity contribution in [1.82, 2.24) is 0 Å². The van der Waals surface area contributed by atoms with Crippen molar-refractivity contribution in [1.29, 1.82) is 0 Å². The molecule has 2 aromatic carbocycles. The first kappa shape index (κ1) is 18.2. The van der Waals surface area contributed by atoms with E-state index in [9.17, 15) is 4.39 Å². The first-order chi connectivity index (χ1) is 10.3. The molecule has 0 radical (unpaired) electrons. The fraction of sp³-hybridized carbons (Fsp3) is 0.294. The highest BCUT2D eigenvalue weighted by molar-refractivity contribution is 14.1. The predicted octanol–water partition coefficient (Wildman–Crippen LogP) is 4.89. The van der Waals surface area contributed by atoms with E-state index in [1.165, 1.54) is 16.0 Å². The molecule has 2 aromatic rings. The lowest BCUT2D eigenvalue weighted by Crippen LogP contribution is -2.56. The van der Waals surface area contributed by atoms with Crippen LogP contribution >= 0.6 is 34.2 Å². The Morgan fingerprint density at radius 2 is 1.41 bits per heavy atom. The second-order valence-corrected chi connectivity index (χ2v) is 19.2. The van der Waals surface area contributed by atoms with Crippen molar-refractivity contribution in [3.8, 4) is 0 Å². The zero-order valence-electron chi connectivity index (χ0n) is 13.2.